The molecule has 2 aliphatic rings. The summed E-state index contributed by atoms with van der Waals surface area (Å²) in [5.74, 6) is 1.97. The highest BCUT2D eigenvalue weighted by atomic mass is 16.2. The van der Waals surface area contributed by atoms with Crippen LogP contribution in [0, 0.1) is 17.8 Å². The van der Waals surface area contributed by atoms with Gasteiger partial charge >= 0.3 is 0 Å². The van der Waals surface area contributed by atoms with Gasteiger partial charge in [-0.1, -0.05) is 26.0 Å². The smallest absolute Gasteiger partial charge is 0.225 e. The molecule has 0 unspecified atom stereocenters. The number of carbonyl (C=O) groups excluding carboxylic acids is 1. The van der Waals surface area contributed by atoms with Crippen LogP contribution in [0.25, 0.3) is 0 Å². The zero-order chi connectivity index (χ0) is 10.1. The van der Waals surface area contributed by atoms with E-state index in [1.54, 1.807) is 0 Å². The second-order valence-corrected chi connectivity index (χ2v) is 4.86. The van der Waals surface area contributed by atoms with Crippen LogP contribution >= 0.6 is 0 Å². The average molecular weight is 193 g/mol. The monoisotopic (exact) mass is 193 g/mol. The zero-order valence-electron chi connectivity index (χ0n) is 9.07. The molecule has 1 aliphatic heterocycles. The van der Waals surface area contributed by atoms with Gasteiger partial charge in [0.15, 0.2) is 0 Å². The van der Waals surface area contributed by atoms with Gasteiger partial charge in [0.05, 0.1) is 0 Å². The van der Waals surface area contributed by atoms with E-state index in [2.05, 4.69) is 17.1 Å². The highest BCUT2D eigenvalue weighted by molar-refractivity contribution is 5.78. The molecule has 0 aromatic heterocycles. The third-order valence-electron chi connectivity index (χ3n) is 3.43. The molecule has 0 radical (unpaired) electrons. The van der Waals surface area contributed by atoms with Crippen LogP contribution in [0.2, 0.25) is 0 Å². The minimum absolute atomic E-state index is 0.156. The number of carbonyl (C=O) groups is 1. The predicted octanol–water partition coefficient (Wildman–Crippen LogP) is 2.07. The second-order valence-electron chi connectivity index (χ2n) is 4.86. The van der Waals surface area contributed by atoms with Gasteiger partial charge in [-0.2, -0.15) is 0 Å². The molecule has 2 rings (SSSR count). The van der Waals surface area contributed by atoms with Crippen LogP contribution in [0.4, 0.5) is 0 Å². The van der Waals surface area contributed by atoms with E-state index in [-0.39, 0.29) is 5.92 Å². The summed E-state index contributed by atoms with van der Waals surface area (Å²) < 4.78 is 0. The van der Waals surface area contributed by atoms with Crippen LogP contribution in [0.3, 0.4) is 0 Å². The first kappa shape index (κ1) is 9.75. The van der Waals surface area contributed by atoms with Gasteiger partial charge in [-0.05, 0) is 24.7 Å². The summed E-state index contributed by atoms with van der Waals surface area (Å²) in [5.41, 5.74) is 0. The van der Waals surface area contributed by atoms with E-state index < -0.39 is 0 Å². The van der Waals surface area contributed by atoms with E-state index in [1.165, 1.54) is 12.8 Å². The van der Waals surface area contributed by atoms with Crippen molar-refractivity contribution in [2.24, 2.45) is 17.8 Å². The summed E-state index contributed by atoms with van der Waals surface area (Å²) in [7, 11) is 0. The van der Waals surface area contributed by atoms with Gasteiger partial charge in [0.2, 0.25) is 5.91 Å². The lowest BCUT2D eigenvalue weighted by molar-refractivity contribution is -0.133. The first-order valence-corrected chi connectivity index (χ1v) is 5.62. The SMILES string of the molecule is CC(C)C(=O)N1C[C@H]2CC=CC[C@H]2C1. The van der Waals surface area contributed by atoms with Crippen molar-refractivity contribution in [3.8, 4) is 0 Å². The lowest BCUT2D eigenvalue weighted by Crippen LogP contribution is -2.32. The van der Waals surface area contributed by atoms with Crippen LogP contribution in [0.5, 0.6) is 0 Å². The van der Waals surface area contributed by atoms with Crippen LogP contribution < -0.4 is 0 Å². The molecule has 1 fully saturated rings. The number of fused-ring (bicyclic) bond motifs is 1. The number of allylic oxidation sites excluding steroid dienone is 2. The van der Waals surface area contributed by atoms with Crippen molar-refractivity contribution in [3.63, 3.8) is 0 Å². The highest BCUT2D eigenvalue weighted by Gasteiger charge is 2.35. The van der Waals surface area contributed by atoms with E-state index in [1.807, 2.05) is 13.8 Å². The Morgan fingerprint density at radius 3 is 2.14 bits per heavy atom. The molecule has 1 aliphatic carbocycles. The van der Waals surface area contributed by atoms with Gasteiger partial charge < -0.3 is 4.90 Å². The number of amides is 1. The Balaban J connectivity index is 1.98. The molecule has 0 saturated carbocycles. The standard InChI is InChI=1S/C12H19NO/c1-9(2)12(14)13-7-10-5-3-4-6-11(10)8-13/h3-4,9-11H,5-8H2,1-2H3/t10-,11+. The molecule has 0 spiro atoms. The molecule has 0 aromatic rings. The van der Waals surface area contributed by atoms with Crippen LogP contribution in [-0.4, -0.2) is 23.9 Å². The third kappa shape index (κ3) is 1.70. The molecule has 14 heavy (non-hydrogen) atoms. The van der Waals surface area contributed by atoms with Crippen LogP contribution in [-0.2, 0) is 4.79 Å². The third-order valence-corrected chi connectivity index (χ3v) is 3.43. The van der Waals surface area contributed by atoms with E-state index in [9.17, 15) is 4.79 Å². The molecular formula is C12H19NO. The molecule has 0 N–H and O–H groups in total. The molecule has 1 heterocycles. The quantitative estimate of drug-likeness (QED) is 0.584. The van der Waals surface area contributed by atoms with Crippen molar-refractivity contribution in [2.45, 2.75) is 26.7 Å². The van der Waals surface area contributed by atoms with Gasteiger partial charge in [-0.25, -0.2) is 0 Å². The Hall–Kier alpha value is -0.790. The fourth-order valence-electron chi connectivity index (χ4n) is 2.56. The van der Waals surface area contributed by atoms with Gasteiger partial charge in [0.1, 0.15) is 0 Å². The predicted molar refractivity (Wildman–Crippen MR) is 56.8 cm³/mol. The van der Waals surface area contributed by atoms with Gasteiger partial charge in [0.25, 0.3) is 0 Å². The number of hydrogen-bond donors (Lipinski definition) is 0. The Labute approximate surface area is 86.0 Å². The first-order chi connectivity index (χ1) is 6.68. The van der Waals surface area contributed by atoms with Crippen LogP contribution in [0.15, 0.2) is 12.2 Å². The van der Waals surface area contributed by atoms with E-state index >= 15 is 0 Å². The number of hydrogen-bond acceptors (Lipinski definition) is 1. The maximum atomic E-state index is 11.8. The van der Waals surface area contributed by atoms with Crippen molar-refractivity contribution in [1.29, 1.82) is 0 Å². The lowest BCUT2D eigenvalue weighted by atomic mass is 9.86. The van der Waals surface area contributed by atoms with Crippen molar-refractivity contribution >= 4 is 5.91 Å². The Bertz CT molecular complexity index is 241. The van der Waals surface area contributed by atoms with Gasteiger partial charge in [-0.15, -0.1) is 0 Å². The van der Waals surface area contributed by atoms with Crippen molar-refractivity contribution in [1.82, 2.24) is 4.90 Å². The summed E-state index contributed by atoms with van der Waals surface area (Å²) >= 11 is 0. The normalized spacial score (nSPS) is 30.9. The molecule has 2 nitrogen and oxygen atoms in total. The first-order valence-electron chi connectivity index (χ1n) is 5.62. The fourth-order valence-corrected chi connectivity index (χ4v) is 2.56. The number of nitrogens with zero attached hydrogens (tertiary/aromatic N) is 1. The molecule has 2 heteroatoms. The molecule has 0 bridgehead atoms. The zero-order valence-corrected chi connectivity index (χ0v) is 9.07. The minimum Gasteiger partial charge on any atom is -0.342 e. The Morgan fingerprint density at radius 2 is 1.71 bits per heavy atom. The number of rotatable bonds is 1. The molecule has 1 saturated heterocycles. The maximum absolute atomic E-state index is 11.8. The van der Waals surface area contributed by atoms with Gasteiger partial charge in [0, 0.05) is 19.0 Å². The summed E-state index contributed by atoms with van der Waals surface area (Å²) in [6, 6.07) is 0. The highest BCUT2D eigenvalue weighted by Crippen LogP contribution is 2.33. The molecule has 1 amide bonds. The van der Waals surface area contributed by atoms with E-state index in [0.29, 0.717) is 5.91 Å². The van der Waals surface area contributed by atoms with Crippen LogP contribution in [0.1, 0.15) is 26.7 Å². The topological polar surface area (TPSA) is 20.3 Å². The lowest BCUT2D eigenvalue weighted by Gasteiger charge is -2.18. The van der Waals surface area contributed by atoms with Crippen molar-refractivity contribution in [3.05, 3.63) is 12.2 Å². The second kappa shape index (κ2) is 3.76. The molecular weight excluding hydrogens is 174 g/mol. The maximum Gasteiger partial charge on any atom is 0.225 e. The van der Waals surface area contributed by atoms with E-state index in [0.717, 1.165) is 24.9 Å². The van der Waals surface area contributed by atoms with Crippen molar-refractivity contribution in [2.75, 3.05) is 13.1 Å². The summed E-state index contributed by atoms with van der Waals surface area (Å²) in [6.07, 6.45) is 6.88. The Kier molecular flexibility index (Phi) is 2.62. The van der Waals surface area contributed by atoms with Gasteiger partial charge in [-0.3, -0.25) is 4.79 Å². The minimum atomic E-state index is 0.156. The molecule has 78 valence electrons. The largest absolute Gasteiger partial charge is 0.342 e. The fraction of sp³-hybridized carbons (Fsp3) is 0.750. The summed E-state index contributed by atoms with van der Waals surface area (Å²) in [5, 5.41) is 0. The summed E-state index contributed by atoms with van der Waals surface area (Å²) in [6.45, 7) is 5.96. The van der Waals surface area contributed by atoms with E-state index in [4.69, 9.17) is 0 Å². The van der Waals surface area contributed by atoms with Crippen molar-refractivity contribution < 1.29 is 4.79 Å². The summed E-state index contributed by atoms with van der Waals surface area (Å²) in [4.78, 5) is 13.9. The average Bonchev–Trinajstić information content (AvgIpc) is 2.59. The molecule has 2 atom stereocenters. The number of likely N-dealkylation sites (tertiary alicyclic amines) is 1. The molecule has 0 aromatic carbocycles. The Morgan fingerprint density at radius 1 is 1.21 bits per heavy atom.